The maximum absolute atomic E-state index is 12.8. The van der Waals surface area contributed by atoms with Gasteiger partial charge in [0.2, 0.25) is 5.91 Å². The van der Waals surface area contributed by atoms with Crippen LogP contribution in [0, 0.1) is 17.8 Å². The quantitative estimate of drug-likeness (QED) is 0.661. The van der Waals surface area contributed by atoms with Crippen LogP contribution in [0.3, 0.4) is 0 Å². The summed E-state index contributed by atoms with van der Waals surface area (Å²) in [6, 6.07) is 15.1. The summed E-state index contributed by atoms with van der Waals surface area (Å²) in [5.74, 6) is 2.01. The molecule has 2 amide bonds. The number of carbonyl (C=O) groups is 2. The molecule has 1 aromatic heterocycles. The van der Waals surface area contributed by atoms with Crippen LogP contribution in [0.2, 0.25) is 0 Å². The third kappa shape index (κ3) is 3.40. The summed E-state index contributed by atoms with van der Waals surface area (Å²) in [7, 11) is 0. The fourth-order valence-electron chi connectivity index (χ4n) is 4.53. The molecule has 3 aromatic rings. The minimum Gasteiger partial charge on any atom is -0.494 e. The molecule has 7 nitrogen and oxygen atoms in total. The van der Waals surface area contributed by atoms with Crippen molar-refractivity contribution >= 4 is 22.8 Å². The van der Waals surface area contributed by atoms with E-state index in [4.69, 9.17) is 4.74 Å². The van der Waals surface area contributed by atoms with Crippen LogP contribution < -0.4 is 10.1 Å². The normalized spacial score (nSPS) is 22.0. The second-order valence-electron chi connectivity index (χ2n) is 7.94. The summed E-state index contributed by atoms with van der Waals surface area (Å²) in [6.45, 7) is 4.13. The molecule has 2 fully saturated rings. The molecule has 3 atom stereocenters. The van der Waals surface area contributed by atoms with E-state index < -0.39 is 0 Å². The van der Waals surface area contributed by atoms with E-state index in [1.165, 1.54) is 0 Å². The van der Waals surface area contributed by atoms with Crippen LogP contribution >= 0.6 is 0 Å². The van der Waals surface area contributed by atoms with Gasteiger partial charge in [-0.3, -0.25) is 9.59 Å². The molecule has 1 aliphatic carbocycles. The van der Waals surface area contributed by atoms with Gasteiger partial charge in [-0.15, -0.1) is 0 Å². The highest BCUT2D eigenvalue weighted by Gasteiger charge is 2.60. The second-order valence-corrected chi connectivity index (χ2v) is 7.94. The maximum Gasteiger partial charge on any atom is 0.254 e. The number of nitrogens with zero attached hydrogens (tertiary/aromatic N) is 2. The molecule has 2 aliphatic rings. The maximum atomic E-state index is 12.8. The highest BCUT2D eigenvalue weighted by atomic mass is 16.5. The molecule has 5 rings (SSSR count). The number of hydrogen-bond donors (Lipinski definition) is 2. The van der Waals surface area contributed by atoms with Gasteiger partial charge in [0.05, 0.1) is 24.2 Å². The average molecular weight is 404 g/mol. The van der Waals surface area contributed by atoms with E-state index in [9.17, 15) is 9.59 Å². The van der Waals surface area contributed by atoms with Crippen molar-refractivity contribution in [2.75, 3.05) is 19.7 Å². The molecule has 0 radical (unpaired) electrons. The van der Waals surface area contributed by atoms with Gasteiger partial charge in [0, 0.05) is 24.6 Å². The molecule has 2 N–H and O–H groups in total. The van der Waals surface area contributed by atoms with Gasteiger partial charge in [-0.05, 0) is 49.1 Å². The van der Waals surface area contributed by atoms with Crippen molar-refractivity contribution in [2.45, 2.75) is 13.5 Å². The van der Waals surface area contributed by atoms with Crippen LogP contribution in [0.1, 0.15) is 23.1 Å². The fraction of sp³-hybridized carbons (Fsp3) is 0.348. The number of hydrogen-bond acceptors (Lipinski definition) is 4. The molecule has 1 aliphatic heterocycles. The molecule has 0 bridgehead atoms. The zero-order valence-electron chi connectivity index (χ0n) is 16.8. The summed E-state index contributed by atoms with van der Waals surface area (Å²) in [5.41, 5.74) is 2.49. The van der Waals surface area contributed by atoms with Gasteiger partial charge in [0.15, 0.2) is 0 Å². The number of rotatable bonds is 6. The minimum atomic E-state index is -0.00631. The van der Waals surface area contributed by atoms with E-state index in [0.29, 0.717) is 37.6 Å². The Hall–Kier alpha value is -3.35. The number of likely N-dealkylation sites (tertiary alicyclic amines) is 1. The minimum absolute atomic E-state index is 0.00480. The summed E-state index contributed by atoms with van der Waals surface area (Å²) >= 11 is 0. The summed E-state index contributed by atoms with van der Waals surface area (Å²) in [4.78, 5) is 35.0. The highest BCUT2D eigenvalue weighted by molar-refractivity contribution is 5.95. The standard InChI is InChI=1S/C23H24N4O3/c1-2-30-15-7-5-6-14(10-15)23(29)27-12-16-17(13-27)21(16)22(28)24-11-20-25-18-8-3-4-9-19(18)26-20/h3-10,16-17,21H,2,11-13H2,1H3,(H,24,28)(H,25,26)/t16-,17+,21?. The number of benzene rings is 2. The number of amides is 2. The number of aromatic amines is 1. The van der Waals surface area contributed by atoms with Crippen molar-refractivity contribution in [3.8, 4) is 5.75 Å². The molecule has 7 heteroatoms. The van der Waals surface area contributed by atoms with Crippen molar-refractivity contribution in [1.82, 2.24) is 20.2 Å². The van der Waals surface area contributed by atoms with Gasteiger partial charge < -0.3 is 19.9 Å². The summed E-state index contributed by atoms with van der Waals surface area (Å²) in [5, 5.41) is 3.00. The van der Waals surface area contributed by atoms with E-state index in [1.54, 1.807) is 6.07 Å². The first-order chi connectivity index (χ1) is 14.6. The number of ether oxygens (including phenoxy) is 1. The fourth-order valence-corrected chi connectivity index (χ4v) is 4.53. The molecule has 0 spiro atoms. The number of aromatic nitrogens is 2. The van der Waals surface area contributed by atoms with Gasteiger partial charge in [-0.2, -0.15) is 0 Å². The molecule has 2 heterocycles. The number of para-hydroxylation sites is 2. The third-order valence-corrected chi connectivity index (χ3v) is 6.04. The van der Waals surface area contributed by atoms with E-state index >= 15 is 0 Å². The Morgan fingerprint density at radius 3 is 2.73 bits per heavy atom. The molecular formula is C23H24N4O3. The van der Waals surface area contributed by atoms with E-state index in [0.717, 1.165) is 16.9 Å². The largest absolute Gasteiger partial charge is 0.494 e. The van der Waals surface area contributed by atoms with Gasteiger partial charge >= 0.3 is 0 Å². The Morgan fingerprint density at radius 1 is 1.17 bits per heavy atom. The predicted molar refractivity (Wildman–Crippen MR) is 112 cm³/mol. The van der Waals surface area contributed by atoms with Crippen molar-refractivity contribution in [2.24, 2.45) is 17.8 Å². The van der Waals surface area contributed by atoms with Crippen LogP contribution in [0.25, 0.3) is 11.0 Å². The molecule has 154 valence electrons. The number of nitrogens with one attached hydrogen (secondary N) is 2. The predicted octanol–water partition coefficient (Wildman–Crippen LogP) is 2.60. The first-order valence-corrected chi connectivity index (χ1v) is 10.4. The van der Waals surface area contributed by atoms with Gasteiger partial charge in [-0.25, -0.2) is 4.98 Å². The highest BCUT2D eigenvalue weighted by Crippen LogP contribution is 2.52. The number of piperidine rings is 1. The lowest BCUT2D eigenvalue weighted by Gasteiger charge is -2.20. The van der Waals surface area contributed by atoms with Crippen molar-refractivity contribution in [1.29, 1.82) is 0 Å². The molecule has 2 aromatic carbocycles. The number of H-pyrrole nitrogens is 1. The van der Waals surface area contributed by atoms with Crippen LogP contribution in [0.4, 0.5) is 0 Å². The lowest BCUT2D eigenvalue weighted by Crippen LogP contribution is -2.35. The van der Waals surface area contributed by atoms with E-state index in [2.05, 4.69) is 15.3 Å². The van der Waals surface area contributed by atoms with E-state index in [1.807, 2.05) is 54.3 Å². The molecule has 30 heavy (non-hydrogen) atoms. The number of fused-ring (bicyclic) bond motifs is 2. The van der Waals surface area contributed by atoms with Gasteiger partial charge in [0.25, 0.3) is 5.91 Å². The zero-order chi connectivity index (χ0) is 20.7. The average Bonchev–Trinajstić information content (AvgIpc) is 3.10. The third-order valence-electron chi connectivity index (χ3n) is 6.04. The number of carbonyl (C=O) groups excluding carboxylic acids is 2. The lowest BCUT2D eigenvalue weighted by atomic mass is 10.1. The second kappa shape index (κ2) is 7.48. The monoisotopic (exact) mass is 404 g/mol. The Kier molecular flexibility index (Phi) is 4.65. The first-order valence-electron chi connectivity index (χ1n) is 10.4. The van der Waals surface area contributed by atoms with E-state index in [-0.39, 0.29) is 29.6 Å². The molecule has 1 unspecified atom stereocenters. The van der Waals surface area contributed by atoms with Crippen LogP contribution in [0.5, 0.6) is 5.75 Å². The Balaban J connectivity index is 1.15. The van der Waals surface area contributed by atoms with Crippen LogP contribution in [-0.2, 0) is 11.3 Å². The van der Waals surface area contributed by atoms with Crippen molar-refractivity contribution < 1.29 is 14.3 Å². The van der Waals surface area contributed by atoms with Gasteiger partial charge in [-0.1, -0.05) is 18.2 Å². The summed E-state index contributed by atoms with van der Waals surface area (Å²) < 4.78 is 5.49. The molecular weight excluding hydrogens is 380 g/mol. The SMILES string of the molecule is CCOc1cccc(C(=O)N2C[C@@H]3C(C(=O)NCc4nc5ccccc5[nH]4)[C@@H]3C2)c1. The van der Waals surface area contributed by atoms with Crippen molar-refractivity contribution in [3.05, 3.63) is 59.9 Å². The lowest BCUT2D eigenvalue weighted by molar-refractivity contribution is -0.123. The topological polar surface area (TPSA) is 87.3 Å². The van der Waals surface area contributed by atoms with Crippen LogP contribution in [-0.4, -0.2) is 46.4 Å². The van der Waals surface area contributed by atoms with Gasteiger partial charge in [0.1, 0.15) is 11.6 Å². The van der Waals surface area contributed by atoms with Crippen molar-refractivity contribution in [3.63, 3.8) is 0 Å². The molecule has 1 saturated heterocycles. The number of imidazole rings is 1. The molecule has 1 saturated carbocycles. The van der Waals surface area contributed by atoms with Crippen LogP contribution in [0.15, 0.2) is 48.5 Å². The first kappa shape index (κ1) is 18.7. The Morgan fingerprint density at radius 2 is 1.97 bits per heavy atom. The summed E-state index contributed by atoms with van der Waals surface area (Å²) in [6.07, 6.45) is 0. The zero-order valence-corrected chi connectivity index (χ0v) is 16.8. The smallest absolute Gasteiger partial charge is 0.254 e. The Labute approximate surface area is 174 Å². The Bertz CT molecular complexity index is 1060.